The van der Waals surface area contributed by atoms with E-state index < -0.39 is 5.91 Å². The van der Waals surface area contributed by atoms with Gasteiger partial charge < -0.3 is 9.80 Å². The minimum atomic E-state index is -0.500. The number of Topliss-reactive ketones (excluding diaryl/α,β-unsaturated/α-hetero) is 1. The predicted octanol–water partition coefficient (Wildman–Crippen LogP) is 0.568. The first-order chi connectivity index (χ1) is 7.79. The molecule has 5 nitrogen and oxygen atoms in total. The van der Waals surface area contributed by atoms with Crippen LogP contribution in [0.25, 0.3) is 0 Å². The zero-order valence-electron chi connectivity index (χ0n) is 11.2. The van der Waals surface area contributed by atoms with Crippen LogP contribution >= 0.6 is 0 Å². The molecule has 1 atom stereocenters. The number of ketones is 1. The Morgan fingerprint density at radius 2 is 1.88 bits per heavy atom. The van der Waals surface area contributed by atoms with Crippen molar-refractivity contribution in [1.29, 1.82) is 0 Å². The van der Waals surface area contributed by atoms with E-state index in [9.17, 15) is 9.59 Å². The lowest BCUT2D eigenvalue weighted by Gasteiger charge is -2.28. The SMILES string of the molecule is C=NC(=O)/C=C(/C(C)=O)N(C)CC(C)N(C)C. The van der Waals surface area contributed by atoms with Crippen LogP contribution in [0.2, 0.25) is 0 Å². The van der Waals surface area contributed by atoms with Crippen LogP contribution in [-0.2, 0) is 9.59 Å². The van der Waals surface area contributed by atoms with Gasteiger partial charge in [-0.25, -0.2) is 4.99 Å². The van der Waals surface area contributed by atoms with Gasteiger partial charge >= 0.3 is 0 Å². The van der Waals surface area contributed by atoms with Gasteiger partial charge in [0.2, 0.25) is 0 Å². The Kier molecular flexibility index (Phi) is 6.35. The minimum Gasteiger partial charge on any atom is -0.370 e. The van der Waals surface area contributed by atoms with Crippen molar-refractivity contribution >= 4 is 18.4 Å². The van der Waals surface area contributed by atoms with Crippen molar-refractivity contribution in [3.63, 3.8) is 0 Å². The van der Waals surface area contributed by atoms with Crippen molar-refractivity contribution < 1.29 is 9.59 Å². The van der Waals surface area contributed by atoms with E-state index >= 15 is 0 Å². The fraction of sp³-hybridized carbons (Fsp3) is 0.583. The molecular weight excluding hydrogens is 218 g/mol. The maximum Gasteiger partial charge on any atom is 0.271 e. The molecule has 0 fully saturated rings. The highest BCUT2D eigenvalue weighted by molar-refractivity contribution is 6.01. The summed E-state index contributed by atoms with van der Waals surface area (Å²) in [5.74, 6) is -0.657. The van der Waals surface area contributed by atoms with Crippen LogP contribution in [0.5, 0.6) is 0 Å². The first-order valence-corrected chi connectivity index (χ1v) is 5.40. The third kappa shape index (κ3) is 5.40. The third-order valence-electron chi connectivity index (χ3n) is 2.61. The molecule has 0 aliphatic rings. The first-order valence-electron chi connectivity index (χ1n) is 5.40. The molecule has 0 bridgehead atoms. The average Bonchev–Trinajstić information content (AvgIpc) is 2.24. The lowest BCUT2D eigenvalue weighted by atomic mass is 10.2. The van der Waals surface area contributed by atoms with E-state index in [1.807, 2.05) is 25.9 Å². The van der Waals surface area contributed by atoms with Crippen LogP contribution in [-0.4, -0.2) is 61.9 Å². The molecule has 96 valence electrons. The second-order valence-corrected chi connectivity index (χ2v) is 4.28. The number of likely N-dealkylation sites (N-methyl/N-ethyl adjacent to an activating group) is 2. The fourth-order valence-corrected chi connectivity index (χ4v) is 1.30. The number of rotatable bonds is 6. The largest absolute Gasteiger partial charge is 0.370 e. The van der Waals surface area contributed by atoms with Crippen LogP contribution < -0.4 is 0 Å². The number of amides is 1. The summed E-state index contributed by atoms with van der Waals surface area (Å²) < 4.78 is 0. The predicted molar refractivity (Wildman–Crippen MR) is 69.1 cm³/mol. The summed E-state index contributed by atoms with van der Waals surface area (Å²) >= 11 is 0. The number of hydrogen-bond acceptors (Lipinski definition) is 4. The molecule has 0 N–H and O–H groups in total. The normalized spacial score (nSPS) is 13.4. The molecule has 17 heavy (non-hydrogen) atoms. The van der Waals surface area contributed by atoms with Gasteiger partial charge in [0.1, 0.15) is 0 Å². The van der Waals surface area contributed by atoms with Gasteiger partial charge in [-0.15, -0.1) is 0 Å². The van der Waals surface area contributed by atoms with Crippen molar-refractivity contribution in [3.8, 4) is 0 Å². The van der Waals surface area contributed by atoms with E-state index in [0.717, 1.165) is 0 Å². The van der Waals surface area contributed by atoms with E-state index in [4.69, 9.17) is 0 Å². The topological polar surface area (TPSA) is 53.0 Å². The fourth-order valence-electron chi connectivity index (χ4n) is 1.30. The molecule has 0 saturated heterocycles. The first kappa shape index (κ1) is 15.5. The second-order valence-electron chi connectivity index (χ2n) is 4.28. The summed E-state index contributed by atoms with van der Waals surface area (Å²) in [7, 11) is 5.71. The summed E-state index contributed by atoms with van der Waals surface area (Å²) in [5, 5.41) is 0. The third-order valence-corrected chi connectivity index (χ3v) is 2.61. The van der Waals surface area contributed by atoms with Crippen molar-refractivity contribution in [3.05, 3.63) is 11.8 Å². The maximum absolute atomic E-state index is 11.5. The number of carbonyl (C=O) groups excluding carboxylic acids is 2. The molecule has 0 aromatic carbocycles. The van der Waals surface area contributed by atoms with Crippen LogP contribution in [0.15, 0.2) is 16.8 Å². The Morgan fingerprint density at radius 3 is 2.24 bits per heavy atom. The zero-order chi connectivity index (χ0) is 13.6. The molecule has 0 aromatic rings. The van der Waals surface area contributed by atoms with Gasteiger partial charge in [-0.05, 0) is 27.7 Å². The molecule has 0 aliphatic heterocycles. The number of aliphatic imine (C=N–C) groups is 1. The van der Waals surface area contributed by atoms with E-state index in [1.165, 1.54) is 13.0 Å². The van der Waals surface area contributed by atoms with Gasteiger partial charge in [0.15, 0.2) is 5.78 Å². The monoisotopic (exact) mass is 239 g/mol. The highest BCUT2D eigenvalue weighted by Crippen LogP contribution is 2.06. The number of hydrogen-bond donors (Lipinski definition) is 0. The Hall–Kier alpha value is -1.49. The van der Waals surface area contributed by atoms with Gasteiger partial charge in [0, 0.05) is 32.6 Å². The number of carbonyl (C=O) groups is 2. The summed E-state index contributed by atoms with van der Waals surface area (Å²) in [5.41, 5.74) is 0.358. The van der Waals surface area contributed by atoms with Gasteiger partial charge in [-0.3, -0.25) is 9.59 Å². The van der Waals surface area contributed by atoms with Gasteiger partial charge in [-0.1, -0.05) is 0 Å². The Morgan fingerprint density at radius 1 is 1.35 bits per heavy atom. The molecule has 0 aromatic heterocycles. The van der Waals surface area contributed by atoms with Crippen LogP contribution in [0.4, 0.5) is 0 Å². The molecule has 5 heteroatoms. The molecular formula is C12H21N3O2. The summed E-state index contributed by atoms with van der Waals surface area (Å²) in [6.45, 7) is 7.27. The molecule has 0 radical (unpaired) electrons. The van der Waals surface area contributed by atoms with Crippen LogP contribution in [0.3, 0.4) is 0 Å². The van der Waals surface area contributed by atoms with Crippen molar-refractivity contribution in [2.24, 2.45) is 4.99 Å². The molecule has 1 unspecified atom stereocenters. The standard InChI is InChI=1S/C12H21N3O2/c1-9(14(4)5)8-15(6)11(10(2)16)7-12(17)13-3/h7,9H,3,8H2,1-2,4-6H3/b11-7-. The Bertz CT molecular complexity index is 335. The van der Waals surface area contributed by atoms with E-state index in [0.29, 0.717) is 12.2 Å². The van der Waals surface area contributed by atoms with Gasteiger partial charge in [0.25, 0.3) is 5.91 Å². The van der Waals surface area contributed by atoms with E-state index in [-0.39, 0.29) is 11.8 Å². The summed E-state index contributed by atoms with van der Waals surface area (Å²) in [6.07, 6.45) is 1.22. The molecule has 0 saturated carbocycles. The zero-order valence-corrected chi connectivity index (χ0v) is 11.2. The van der Waals surface area contributed by atoms with Crippen LogP contribution in [0.1, 0.15) is 13.8 Å². The lowest BCUT2D eigenvalue weighted by molar-refractivity contribution is -0.117. The second kappa shape index (κ2) is 6.96. The Balaban J connectivity index is 4.84. The highest BCUT2D eigenvalue weighted by Gasteiger charge is 2.15. The molecule has 0 spiro atoms. The maximum atomic E-state index is 11.5. The van der Waals surface area contributed by atoms with Gasteiger partial charge in [-0.2, -0.15) is 0 Å². The highest BCUT2D eigenvalue weighted by atomic mass is 16.1. The average molecular weight is 239 g/mol. The quantitative estimate of drug-likeness (QED) is 0.502. The summed E-state index contributed by atoms with van der Waals surface area (Å²) in [4.78, 5) is 29.7. The van der Waals surface area contributed by atoms with E-state index in [1.54, 1.807) is 11.9 Å². The Labute approximate surface area is 103 Å². The van der Waals surface area contributed by atoms with E-state index in [2.05, 4.69) is 11.7 Å². The number of nitrogens with zero attached hydrogens (tertiary/aromatic N) is 3. The smallest absolute Gasteiger partial charge is 0.271 e. The minimum absolute atomic E-state index is 0.157. The summed E-state index contributed by atoms with van der Waals surface area (Å²) in [6, 6.07) is 0.273. The van der Waals surface area contributed by atoms with Gasteiger partial charge in [0.05, 0.1) is 5.70 Å². The van der Waals surface area contributed by atoms with Crippen molar-refractivity contribution in [2.75, 3.05) is 27.7 Å². The van der Waals surface area contributed by atoms with Crippen molar-refractivity contribution in [1.82, 2.24) is 9.80 Å². The molecule has 1 amide bonds. The van der Waals surface area contributed by atoms with Crippen LogP contribution in [0, 0.1) is 0 Å². The molecule has 0 rings (SSSR count). The number of allylic oxidation sites excluding steroid dienone is 1. The molecule has 0 heterocycles. The van der Waals surface area contributed by atoms with Crippen molar-refractivity contribution in [2.45, 2.75) is 19.9 Å². The molecule has 0 aliphatic carbocycles. The lowest BCUT2D eigenvalue weighted by Crippen LogP contribution is -2.37.